The van der Waals surface area contributed by atoms with Crippen LogP contribution in [0.3, 0.4) is 0 Å². The predicted molar refractivity (Wildman–Crippen MR) is 79.9 cm³/mol. The summed E-state index contributed by atoms with van der Waals surface area (Å²) in [6.07, 6.45) is 0.160. The molecule has 4 heteroatoms. The van der Waals surface area contributed by atoms with Gasteiger partial charge in [-0.3, -0.25) is 4.79 Å². The summed E-state index contributed by atoms with van der Waals surface area (Å²) in [5.74, 6) is 0.431. The number of rotatable bonds is 5. The van der Waals surface area contributed by atoms with Gasteiger partial charge in [0.1, 0.15) is 11.8 Å². The number of hydrogen-bond donors (Lipinski definition) is 0. The average molecular weight is 283 g/mol. The van der Waals surface area contributed by atoms with Crippen molar-refractivity contribution in [2.45, 2.75) is 25.9 Å². The molecule has 0 aliphatic rings. The summed E-state index contributed by atoms with van der Waals surface area (Å²) in [4.78, 5) is 11.5. The molecule has 0 bridgehead atoms. The Kier molecular flexibility index (Phi) is 4.78. The Bertz CT molecular complexity index is 688. The zero-order valence-corrected chi connectivity index (χ0v) is 12.1. The lowest BCUT2D eigenvalue weighted by atomic mass is 10.0. The number of nitrogens with zero attached hydrogens (tertiary/aromatic N) is 1. The second-order valence-electron chi connectivity index (χ2n) is 4.72. The molecule has 0 amide bonds. The van der Waals surface area contributed by atoms with Crippen LogP contribution in [0.25, 0.3) is 10.8 Å². The molecule has 0 aromatic heterocycles. The third-order valence-corrected chi connectivity index (χ3v) is 3.19. The zero-order valence-electron chi connectivity index (χ0n) is 12.1. The van der Waals surface area contributed by atoms with E-state index in [9.17, 15) is 10.1 Å². The van der Waals surface area contributed by atoms with E-state index in [1.54, 1.807) is 13.2 Å². The second kappa shape index (κ2) is 6.76. The van der Waals surface area contributed by atoms with Crippen molar-refractivity contribution in [3.63, 3.8) is 0 Å². The summed E-state index contributed by atoms with van der Waals surface area (Å²) in [5, 5.41) is 11.2. The molecule has 0 unspecified atom stereocenters. The molecular weight excluding hydrogens is 266 g/mol. The molecule has 0 radical (unpaired) electrons. The third-order valence-electron chi connectivity index (χ3n) is 3.19. The van der Waals surface area contributed by atoms with Gasteiger partial charge < -0.3 is 9.47 Å². The van der Waals surface area contributed by atoms with Gasteiger partial charge in [0.05, 0.1) is 7.11 Å². The van der Waals surface area contributed by atoms with Crippen molar-refractivity contribution in [3.05, 3.63) is 42.0 Å². The van der Waals surface area contributed by atoms with Gasteiger partial charge in [-0.05, 0) is 35.4 Å². The van der Waals surface area contributed by atoms with E-state index >= 15 is 0 Å². The monoisotopic (exact) mass is 283 g/mol. The first-order valence-corrected chi connectivity index (χ1v) is 6.84. The smallest absolute Gasteiger partial charge is 0.307 e. The van der Waals surface area contributed by atoms with Crippen LogP contribution >= 0.6 is 0 Å². The van der Waals surface area contributed by atoms with E-state index < -0.39 is 6.10 Å². The highest BCUT2D eigenvalue weighted by Gasteiger charge is 2.15. The van der Waals surface area contributed by atoms with Gasteiger partial charge in [0.2, 0.25) is 6.10 Å². The maximum Gasteiger partial charge on any atom is 0.307 e. The van der Waals surface area contributed by atoms with Crippen LogP contribution in [0.15, 0.2) is 36.4 Å². The summed E-state index contributed by atoms with van der Waals surface area (Å²) >= 11 is 0. The second-order valence-corrected chi connectivity index (χ2v) is 4.72. The first kappa shape index (κ1) is 14.9. The number of fused-ring (bicyclic) bond motifs is 1. The van der Waals surface area contributed by atoms with Gasteiger partial charge in [0, 0.05) is 12.0 Å². The minimum absolute atomic E-state index is 0.322. The van der Waals surface area contributed by atoms with Gasteiger partial charge >= 0.3 is 5.97 Å². The summed E-state index contributed by atoms with van der Waals surface area (Å²) in [5.41, 5.74) is 0.680. The fourth-order valence-corrected chi connectivity index (χ4v) is 2.10. The van der Waals surface area contributed by atoms with Crippen LogP contribution in [0.2, 0.25) is 0 Å². The molecule has 4 nitrogen and oxygen atoms in total. The van der Waals surface area contributed by atoms with Crippen molar-refractivity contribution < 1.29 is 14.3 Å². The van der Waals surface area contributed by atoms with Crippen molar-refractivity contribution in [1.29, 1.82) is 5.26 Å². The van der Waals surface area contributed by atoms with Crippen LogP contribution in [0.5, 0.6) is 5.75 Å². The normalized spacial score (nSPS) is 11.7. The SMILES string of the molecule is CCCC(=O)O[C@H](C#N)c1ccc2cc(OC)ccc2c1. The van der Waals surface area contributed by atoms with Crippen molar-refractivity contribution >= 4 is 16.7 Å². The molecule has 108 valence electrons. The number of methoxy groups -OCH3 is 1. The lowest BCUT2D eigenvalue weighted by molar-refractivity contribution is -0.146. The highest BCUT2D eigenvalue weighted by Crippen LogP contribution is 2.25. The molecule has 0 aliphatic carbocycles. The maximum atomic E-state index is 11.5. The molecule has 0 heterocycles. The first-order chi connectivity index (χ1) is 10.2. The largest absolute Gasteiger partial charge is 0.497 e. The van der Waals surface area contributed by atoms with E-state index in [0.717, 1.165) is 16.5 Å². The standard InChI is InChI=1S/C17H17NO3/c1-3-4-17(19)21-16(11-18)14-6-5-13-10-15(20-2)8-7-12(13)9-14/h5-10,16H,3-4H2,1-2H3/t16-/m1/s1. The van der Waals surface area contributed by atoms with Crippen LogP contribution in [0.1, 0.15) is 31.4 Å². The number of hydrogen-bond acceptors (Lipinski definition) is 4. The molecule has 0 aliphatic heterocycles. The Balaban J connectivity index is 2.28. The summed E-state index contributed by atoms with van der Waals surface area (Å²) in [6.45, 7) is 1.89. The van der Waals surface area contributed by atoms with E-state index in [2.05, 4.69) is 0 Å². The molecule has 0 saturated carbocycles. The van der Waals surface area contributed by atoms with E-state index in [1.807, 2.05) is 43.3 Å². The van der Waals surface area contributed by atoms with Gasteiger partial charge in [-0.2, -0.15) is 5.26 Å². The number of carbonyl (C=O) groups is 1. The molecule has 2 rings (SSSR count). The van der Waals surface area contributed by atoms with Crippen LogP contribution in [0, 0.1) is 11.3 Å². The van der Waals surface area contributed by atoms with Gasteiger partial charge in [0.25, 0.3) is 0 Å². The van der Waals surface area contributed by atoms with Gasteiger partial charge in [-0.15, -0.1) is 0 Å². The first-order valence-electron chi connectivity index (χ1n) is 6.84. The van der Waals surface area contributed by atoms with Crippen molar-refractivity contribution in [2.24, 2.45) is 0 Å². The minimum Gasteiger partial charge on any atom is -0.497 e. The lowest BCUT2D eigenvalue weighted by Crippen LogP contribution is -2.09. The summed E-state index contributed by atoms with van der Waals surface area (Å²) in [7, 11) is 1.62. The van der Waals surface area contributed by atoms with Gasteiger partial charge in [-0.1, -0.05) is 25.1 Å². The number of ether oxygens (including phenoxy) is 2. The Morgan fingerprint density at radius 3 is 2.62 bits per heavy atom. The van der Waals surface area contributed by atoms with Crippen LogP contribution in [-0.4, -0.2) is 13.1 Å². The highest BCUT2D eigenvalue weighted by molar-refractivity contribution is 5.84. The summed E-state index contributed by atoms with van der Waals surface area (Å²) < 4.78 is 10.4. The van der Waals surface area contributed by atoms with E-state index in [0.29, 0.717) is 18.4 Å². The van der Waals surface area contributed by atoms with Crippen LogP contribution < -0.4 is 4.74 Å². The van der Waals surface area contributed by atoms with Crippen molar-refractivity contribution in [2.75, 3.05) is 7.11 Å². The Hall–Kier alpha value is -2.54. The fraction of sp³-hybridized carbons (Fsp3) is 0.294. The topological polar surface area (TPSA) is 59.3 Å². The molecule has 2 aromatic rings. The van der Waals surface area contributed by atoms with Crippen molar-refractivity contribution in [3.8, 4) is 11.8 Å². The summed E-state index contributed by atoms with van der Waals surface area (Å²) in [6, 6.07) is 13.3. The highest BCUT2D eigenvalue weighted by atomic mass is 16.5. The molecular formula is C17H17NO3. The van der Waals surface area contributed by atoms with Crippen LogP contribution in [-0.2, 0) is 9.53 Å². The van der Waals surface area contributed by atoms with E-state index in [-0.39, 0.29) is 5.97 Å². The molecule has 21 heavy (non-hydrogen) atoms. The number of carbonyl (C=O) groups excluding carboxylic acids is 1. The number of benzene rings is 2. The van der Waals surface area contributed by atoms with E-state index in [4.69, 9.17) is 9.47 Å². The Morgan fingerprint density at radius 2 is 1.95 bits per heavy atom. The van der Waals surface area contributed by atoms with E-state index in [1.165, 1.54) is 0 Å². The molecule has 2 aromatic carbocycles. The fourth-order valence-electron chi connectivity index (χ4n) is 2.10. The zero-order chi connectivity index (χ0) is 15.2. The quantitative estimate of drug-likeness (QED) is 0.784. The predicted octanol–water partition coefficient (Wildman–Crippen LogP) is 3.76. The molecule has 0 N–H and O–H groups in total. The minimum atomic E-state index is -0.865. The Labute approximate surface area is 123 Å². The molecule has 0 spiro atoms. The van der Waals surface area contributed by atoms with Crippen molar-refractivity contribution in [1.82, 2.24) is 0 Å². The third kappa shape index (κ3) is 3.51. The molecule has 0 saturated heterocycles. The number of esters is 1. The Morgan fingerprint density at radius 1 is 1.24 bits per heavy atom. The maximum absolute atomic E-state index is 11.5. The van der Waals surface area contributed by atoms with Gasteiger partial charge in [-0.25, -0.2) is 0 Å². The molecule has 0 fully saturated rings. The lowest BCUT2D eigenvalue weighted by Gasteiger charge is -2.12. The number of nitriles is 1. The molecule has 1 atom stereocenters. The van der Waals surface area contributed by atoms with Gasteiger partial charge in [0.15, 0.2) is 0 Å². The average Bonchev–Trinajstić information content (AvgIpc) is 2.51. The van der Waals surface area contributed by atoms with Crippen LogP contribution in [0.4, 0.5) is 0 Å².